The van der Waals surface area contributed by atoms with Gasteiger partial charge in [-0.2, -0.15) is 5.10 Å². The number of ether oxygens (including phenoxy) is 1. The summed E-state index contributed by atoms with van der Waals surface area (Å²) in [6.45, 7) is 4.78. The molecule has 0 unspecified atom stereocenters. The molecule has 1 aromatic carbocycles. The molecule has 1 amide bonds. The quantitative estimate of drug-likeness (QED) is 0.690. The predicted octanol–water partition coefficient (Wildman–Crippen LogP) is 2.97. The number of para-hydroxylation sites is 1. The van der Waals surface area contributed by atoms with Crippen LogP contribution in [0.15, 0.2) is 35.7 Å². The first-order chi connectivity index (χ1) is 12.1. The van der Waals surface area contributed by atoms with Crippen LogP contribution in [0, 0.1) is 13.8 Å². The van der Waals surface area contributed by atoms with Crippen molar-refractivity contribution in [2.75, 3.05) is 13.2 Å². The lowest BCUT2D eigenvalue weighted by molar-refractivity contribution is 0.0943. The molecule has 0 spiro atoms. The average Bonchev–Trinajstić information content (AvgIpc) is 3.17. The maximum atomic E-state index is 12.2. The average molecular weight is 356 g/mol. The van der Waals surface area contributed by atoms with Crippen molar-refractivity contribution in [3.63, 3.8) is 0 Å². The van der Waals surface area contributed by atoms with Gasteiger partial charge in [0.25, 0.3) is 5.91 Å². The second-order valence-electron chi connectivity index (χ2n) is 5.62. The molecule has 3 aromatic rings. The van der Waals surface area contributed by atoms with E-state index in [-0.39, 0.29) is 5.91 Å². The number of rotatable bonds is 6. The largest absolute Gasteiger partial charge is 0.492 e. The summed E-state index contributed by atoms with van der Waals surface area (Å²) in [7, 11) is 1.90. The Morgan fingerprint density at radius 2 is 2.04 bits per heavy atom. The SMILES string of the molecule is Cc1nn(C)c(C)c1-c1nc(C(=O)NCCOc2ccccc2)cs1. The number of carbonyl (C=O) groups excluding carboxylic acids is 1. The molecular weight excluding hydrogens is 336 g/mol. The highest BCUT2D eigenvalue weighted by molar-refractivity contribution is 7.13. The Morgan fingerprint density at radius 3 is 2.72 bits per heavy atom. The van der Waals surface area contributed by atoms with Gasteiger partial charge in [0.15, 0.2) is 0 Å². The number of nitrogens with zero attached hydrogens (tertiary/aromatic N) is 3. The summed E-state index contributed by atoms with van der Waals surface area (Å²) in [4.78, 5) is 16.7. The van der Waals surface area contributed by atoms with Crippen molar-refractivity contribution in [1.29, 1.82) is 0 Å². The van der Waals surface area contributed by atoms with Crippen molar-refractivity contribution < 1.29 is 9.53 Å². The number of thiazole rings is 1. The minimum absolute atomic E-state index is 0.196. The first-order valence-electron chi connectivity index (χ1n) is 7.98. The van der Waals surface area contributed by atoms with Crippen LogP contribution < -0.4 is 10.1 Å². The molecule has 0 atom stereocenters. The number of aromatic nitrogens is 3. The van der Waals surface area contributed by atoms with Crippen molar-refractivity contribution in [2.24, 2.45) is 7.05 Å². The third-order valence-corrected chi connectivity index (χ3v) is 4.72. The summed E-state index contributed by atoms with van der Waals surface area (Å²) < 4.78 is 7.38. The fraction of sp³-hybridized carbons (Fsp3) is 0.278. The number of benzene rings is 1. The zero-order valence-corrected chi connectivity index (χ0v) is 15.3. The third kappa shape index (κ3) is 3.88. The van der Waals surface area contributed by atoms with Gasteiger partial charge in [-0.3, -0.25) is 9.48 Å². The van der Waals surface area contributed by atoms with Crippen molar-refractivity contribution in [2.45, 2.75) is 13.8 Å². The Labute approximate surface area is 150 Å². The Hall–Kier alpha value is -2.67. The molecule has 130 valence electrons. The van der Waals surface area contributed by atoms with Gasteiger partial charge in [0.2, 0.25) is 0 Å². The Morgan fingerprint density at radius 1 is 1.28 bits per heavy atom. The van der Waals surface area contributed by atoms with Crippen molar-refractivity contribution >= 4 is 17.2 Å². The highest BCUT2D eigenvalue weighted by atomic mass is 32.1. The molecule has 2 heterocycles. The summed E-state index contributed by atoms with van der Waals surface area (Å²) >= 11 is 1.45. The van der Waals surface area contributed by atoms with Crippen molar-refractivity contribution in [3.05, 3.63) is 52.8 Å². The number of aryl methyl sites for hydroxylation is 2. The normalized spacial score (nSPS) is 10.7. The molecule has 0 aliphatic heterocycles. The molecule has 0 aliphatic rings. The minimum Gasteiger partial charge on any atom is -0.492 e. The maximum Gasteiger partial charge on any atom is 0.270 e. The van der Waals surface area contributed by atoms with E-state index in [0.29, 0.717) is 18.8 Å². The highest BCUT2D eigenvalue weighted by Gasteiger charge is 2.17. The number of hydrogen-bond donors (Lipinski definition) is 1. The summed E-state index contributed by atoms with van der Waals surface area (Å²) in [5.74, 6) is 0.591. The summed E-state index contributed by atoms with van der Waals surface area (Å²) in [6.07, 6.45) is 0. The molecule has 0 saturated carbocycles. The van der Waals surface area contributed by atoms with Crippen LogP contribution in [0.25, 0.3) is 10.6 Å². The Bertz CT molecular complexity index is 871. The van der Waals surface area contributed by atoms with Crippen LogP contribution in [0.2, 0.25) is 0 Å². The van der Waals surface area contributed by atoms with Gasteiger partial charge in [-0.1, -0.05) is 18.2 Å². The molecule has 2 aromatic heterocycles. The van der Waals surface area contributed by atoms with Crippen molar-refractivity contribution in [3.8, 4) is 16.3 Å². The first kappa shape index (κ1) is 17.2. The van der Waals surface area contributed by atoms with Gasteiger partial charge >= 0.3 is 0 Å². The summed E-state index contributed by atoms with van der Waals surface area (Å²) in [5, 5.41) is 9.81. The Balaban J connectivity index is 1.57. The van der Waals surface area contributed by atoms with E-state index in [9.17, 15) is 4.79 Å². The molecule has 0 radical (unpaired) electrons. The lowest BCUT2D eigenvalue weighted by Gasteiger charge is -2.06. The molecule has 7 heteroatoms. The molecule has 6 nitrogen and oxygen atoms in total. The van der Waals surface area contributed by atoms with E-state index < -0.39 is 0 Å². The van der Waals surface area contributed by atoms with Crippen LogP contribution in [0.5, 0.6) is 5.75 Å². The second kappa shape index (κ2) is 7.48. The standard InChI is InChI=1S/C18H20N4O2S/c1-12-16(13(2)22(3)21-12)18-20-15(11-25-18)17(23)19-9-10-24-14-7-5-4-6-8-14/h4-8,11H,9-10H2,1-3H3,(H,19,23). The van der Waals surface area contributed by atoms with Gasteiger partial charge in [0.05, 0.1) is 17.8 Å². The van der Waals surface area contributed by atoms with E-state index in [1.165, 1.54) is 11.3 Å². The number of amides is 1. The zero-order valence-electron chi connectivity index (χ0n) is 14.4. The zero-order chi connectivity index (χ0) is 17.8. The van der Waals surface area contributed by atoms with E-state index in [4.69, 9.17) is 4.74 Å². The molecule has 0 fully saturated rings. The molecule has 3 rings (SSSR count). The van der Waals surface area contributed by atoms with Gasteiger partial charge < -0.3 is 10.1 Å². The fourth-order valence-corrected chi connectivity index (χ4v) is 3.46. The van der Waals surface area contributed by atoms with E-state index in [1.54, 1.807) is 5.38 Å². The lowest BCUT2D eigenvalue weighted by atomic mass is 10.2. The molecular formula is C18H20N4O2S. The monoisotopic (exact) mass is 356 g/mol. The molecule has 0 aliphatic carbocycles. The molecule has 25 heavy (non-hydrogen) atoms. The van der Waals surface area contributed by atoms with E-state index in [0.717, 1.165) is 27.7 Å². The maximum absolute atomic E-state index is 12.2. The van der Waals surface area contributed by atoms with Gasteiger partial charge in [-0.05, 0) is 26.0 Å². The molecule has 1 N–H and O–H groups in total. The number of carbonyl (C=O) groups is 1. The lowest BCUT2D eigenvalue weighted by Crippen LogP contribution is -2.28. The third-order valence-electron chi connectivity index (χ3n) is 3.86. The van der Waals surface area contributed by atoms with Gasteiger partial charge in [-0.15, -0.1) is 11.3 Å². The van der Waals surface area contributed by atoms with Gasteiger partial charge in [0, 0.05) is 18.1 Å². The number of hydrogen-bond acceptors (Lipinski definition) is 5. The van der Waals surface area contributed by atoms with Gasteiger partial charge in [0.1, 0.15) is 23.1 Å². The van der Waals surface area contributed by atoms with Crippen LogP contribution in [-0.2, 0) is 7.05 Å². The predicted molar refractivity (Wildman–Crippen MR) is 98.1 cm³/mol. The smallest absolute Gasteiger partial charge is 0.270 e. The minimum atomic E-state index is -0.196. The van der Waals surface area contributed by atoms with Crippen LogP contribution >= 0.6 is 11.3 Å². The van der Waals surface area contributed by atoms with Gasteiger partial charge in [-0.25, -0.2) is 4.98 Å². The second-order valence-corrected chi connectivity index (χ2v) is 6.48. The Kier molecular flexibility index (Phi) is 5.14. The van der Waals surface area contributed by atoms with E-state index in [1.807, 2.05) is 55.9 Å². The van der Waals surface area contributed by atoms with Crippen LogP contribution in [0.1, 0.15) is 21.9 Å². The fourth-order valence-electron chi connectivity index (χ4n) is 2.52. The molecule has 0 saturated heterocycles. The highest BCUT2D eigenvalue weighted by Crippen LogP contribution is 2.29. The van der Waals surface area contributed by atoms with Crippen LogP contribution in [0.4, 0.5) is 0 Å². The number of nitrogens with one attached hydrogen (secondary N) is 1. The summed E-state index contributed by atoms with van der Waals surface area (Å²) in [5.41, 5.74) is 3.37. The summed E-state index contributed by atoms with van der Waals surface area (Å²) in [6, 6.07) is 9.51. The van der Waals surface area contributed by atoms with Crippen molar-refractivity contribution in [1.82, 2.24) is 20.1 Å². The van der Waals surface area contributed by atoms with Crippen LogP contribution in [-0.4, -0.2) is 33.8 Å². The topological polar surface area (TPSA) is 69.0 Å². The van der Waals surface area contributed by atoms with E-state index in [2.05, 4.69) is 15.4 Å². The first-order valence-corrected chi connectivity index (χ1v) is 8.86. The van der Waals surface area contributed by atoms with E-state index >= 15 is 0 Å². The van der Waals surface area contributed by atoms with Crippen LogP contribution in [0.3, 0.4) is 0 Å². The molecule has 0 bridgehead atoms.